The molecule has 0 atom stereocenters. The Kier molecular flexibility index (Phi) is 6.83. The van der Waals surface area contributed by atoms with Crippen molar-refractivity contribution in [2.24, 2.45) is 7.05 Å². The van der Waals surface area contributed by atoms with Crippen LogP contribution in [0.4, 0.5) is 23.0 Å². The summed E-state index contributed by atoms with van der Waals surface area (Å²) >= 11 is 0. The largest absolute Gasteiger partial charge is 0.494 e. The molecular formula is C25H30N8O2. The van der Waals surface area contributed by atoms with E-state index in [1.807, 2.05) is 27.2 Å². The van der Waals surface area contributed by atoms with Crippen LogP contribution in [0.2, 0.25) is 0 Å². The first-order chi connectivity index (χ1) is 16.8. The normalized spacial score (nSPS) is 11.1. The van der Waals surface area contributed by atoms with Crippen molar-refractivity contribution in [3.05, 3.63) is 59.3 Å². The van der Waals surface area contributed by atoms with E-state index in [0.717, 1.165) is 29.7 Å². The summed E-state index contributed by atoms with van der Waals surface area (Å²) in [5, 5.41) is 3.93. The number of fused-ring (bicyclic) bond motifs is 1. The number of hydrogen-bond acceptors (Lipinski definition) is 9. The topological polar surface area (TPSA) is 114 Å². The second-order valence-corrected chi connectivity index (χ2v) is 8.59. The van der Waals surface area contributed by atoms with Gasteiger partial charge in [-0.25, -0.2) is 4.98 Å². The van der Waals surface area contributed by atoms with Crippen molar-refractivity contribution >= 4 is 34.0 Å². The second-order valence-electron chi connectivity index (χ2n) is 8.59. The van der Waals surface area contributed by atoms with Gasteiger partial charge in [0.25, 0.3) is 5.56 Å². The van der Waals surface area contributed by atoms with E-state index in [0.29, 0.717) is 34.3 Å². The monoisotopic (exact) mass is 474 g/mol. The number of anilines is 4. The third kappa shape index (κ3) is 5.02. The van der Waals surface area contributed by atoms with E-state index in [9.17, 15) is 4.79 Å². The molecule has 182 valence electrons. The molecule has 0 saturated carbocycles. The highest BCUT2D eigenvalue weighted by Crippen LogP contribution is 2.36. The molecule has 1 aromatic carbocycles. The molecule has 0 aliphatic heterocycles. The summed E-state index contributed by atoms with van der Waals surface area (Å²) in [5.74, 6) is 0.937. The first-order valence-corrected chi connectivity index (χ1v) is 11.2. The Morgan fingerprint density at radius 2 is 1.86 bits per heavy atom. The fraction of sp³-hybridized carbons (Fsp3) is 0.280. The Morgan fingerprint density at radius 3 is 2.54 bits per heavy atom. The fourth-order valence-corrected chi connectivity index (χ4v) is 3.82. The van der Waals surface area contributed by atoms with Crippen molar-refractivity contribution in [3.8, 4) is 16.9 Å². The van der Waals surface area contributed by atoms with Gasteiger partial charge in [0.05, 0.1) is 24.2 Å². The lowest BCUT2D eigenvalue weighted by molar-refractivity contribution is 0.413. The molecule has 3 N–H and O–H groups in total. The number of nitrogens with zero attached hydrogens (tertiary/aromatic N) is 6. The van der Waals surface area contributed by atoms with Crippen molar-refractivity contribution in [1.82, 2.24) is 24.4 Å². The Morgan fingerprint density at radius 1 is 1.11 bits per heavy atom. The van der Waals surface area contributed by atoms with E-state index in [4.69, 9.17) is 10.5 Å². The minimum absolute atomic E-state index is 0.153. The van der Waals surface area contributed by atoms with Gasteiger partial charge in [-0.2, -0.15) is 4.98 Å². The number of pyridine rings is 2. The molecular weight excluding hydrogens is 444 g/mol. The van der Waals surface area contributed by atoms with Crippen LogP contribution in [0.15, 0.2) is 53.7 Å². The molecule has 0 radical (unpaired) electrons. The third-order valence-corrected chi connectivity index (χ3v) is 5.83. The van der Waals surface area contributed by atoms with Gasteiger partial charge in [0.1, 0.15) is 11.4 Å². The van der Waals surface area contributed by atoms with Crippen LogP contribution >= 0.6 is 0 Å². The first-order valence-electron chi connectivity index (χ1n) is 11.2. The minimum atomic E-state index is -0.153. The first kappa shape index (κ1) is 24.0. The van der Waals surface area contributed by atoms with E-state index < -0.39 is 0 Å². The zero-order valence-corrected chi connectivity index (χ0v) is 20.6. The van der Waals surface area contributed by atoms with Crippen LogP contribution in [0, 0.1) is 0 Å². The zero-order chi connectivity index (χ0) is 25.1. The Hall–Kier alpha value is -4.18. The predicted octanol–water partition coefficient (Wildman–Crippen LogP) is 2.72. The molecule has 10 heteroatoms. The quantitative estimate of drug-likeness (QED) is 0.372. The molecule has 0 bridgehead atoms. The van der Waals surface area contributed by atoms with E-state index in [2.05, 4.69) is 30.1 Å². The summed E-state index contributed by atoms with van der Waals surface area (Å²) in [6.07, 6.45) is 5.01. The Balaban J connectivity index is 1.67. The van der Waals surface area contributed by atoms with Crippen LogP contribution in [0.25, 0.3) is 22.2 Å². The summed E-state index contributed by atoms with van der Waals surface area (Å²) in [5.41, 5.74) is 10.2. The van der Waals surface area contributed by atoms with Crippen LogP contribution in [-0.2, 0) is 7.05 Å². The minimum Gasteiger partial charge on any atom is -0.494 e. The predicted molar refractivity (Wildman–Crippen MR) is 141 cm³/mol. The lowest BCUT2D eigenvalue weighted by Gasteiger charge is -2.24. The van der Waals surface area contributed by atoms with Crippen LogP contribution in [0.5, 0.6) is 5.75 Å². The summed E-state index contributed by atoms with van der Waals surface area (Å²) in [7, 11) is 9.36. The number of likely N-dealkylation sites (N-methyl/N-ethyl adjacent to an activating group) is 2. The number of methoxy groups -OCH3 is 1. The molecule has 0 spiro atoms. The maximum Gasteiger partial charge on any atom is 0.259 e. The average molecular weight is 475 g/mol. The number of nitrogens with one attached hydrogen (secondary N) is 1. The number of aryl methyl sites for hydroxylation is 1. The van der Waals surface area contributed by atoms with Gasteiger partial charge in [0.15, 0.2) is 0 Å². The van der Waals surface area contributed by atoms with Crippen LogP contribution in [0.1, 0.15) is 0 Å². The van der Waals surface area contributed by atoms with Gasteiger partial charge in [-0.3, -0.25) is 14.3 Å². The molecule has 0 fully saturated rings. The van der Waals surface area contributed by atoms with Gasteiger partial charge in [0, 0.05) is 62.8 Å². The van der Waals surface area contributed by atoms with Crippen molar-refractivity contribution < 1.29 is 4.74 Å². The maximum atomic E-state index is 13.0. The molecule has 0 amide bonds. The molecule has 35 heavy (non-hydrogen) atoms. The van der Waals surface area contributed by atoms with Crippen molar-refractivity contribution in [1.29, 1.82) is 0 Å². The number of hydrogen-bond donors (Lipinski definition) is 2. The van der Waals surface area contributed by atoms with E-state index in [1.165, 1.54) is 4.57 Å². The molecule has 10 nitrogen and oxygen atoms in total. The molecule has 3 heterocycles. The van der Waals surface area contributed by atoms with Gasteiger partial charge >= 0.3 is 0 Å². The van der Waals surface area contributed by atoms with Gasteiger partial charge in [-0.05, 0) is 43.9 Å². The van der Waals surface area contributed by atoms with Crippen molar-refractivity contribution in [3.63, 3.8) is 0 Å². The molecule has 3 aromatic heterocycles. The van der Waals surface area contributed by atoms with Gasteiger partial charge < -0.3 is 25.6 Å². The molecule has 4 rings (SSSR count). The van der Waals surface area contributed by atoms with E-state index in [1.54, 1.807) is 57.0 Å². The van der Waals surface area contributed by atoms with Crippen LogP contribution < -0.4 is 26.2 Å². The summed E-state index contributed by atoms with van der Waals surface area (Å²) in [6, 6.07) is 9.10. The van der Waals surface area contributed by atoms with Crippen LogP contribution in [0.3, 0.4) is 0 Å². The smallest absolute Gasteiger partial charge is 0.259 e. The molecule has 4 aromatic rings. The highest BCUT2D eigenvalue weighted by Gasteiger charge is 2.15. The number of nitrogen functional groups attached to an aromatic ring is 1. The standard InChI is InChI=1S/C25H30N8O2/c1-31(2)10-11-32(3)21-14-22(35-5)20(13-19(21)26)29-25-28-15-17-12-18(16-6-8-27-9-7-16)24(34)33(4)23(17)30-25/h6-9,12-15H,10-11,26H2,1-5H3,(H,28,29,30). The SMILES string of the molecule is COc1cc(N(C)CCN(C)C)c(N)cc1Nc1ncc2cc(-c3ccncc3)c(=O)n(C)c2n1. The lowest BCUT2D eigenvalue weighted by Crippen LogP contribution is -2.29. The summed E-state index contributed by atoms with van der Waals surface area (Å²) in [4.78, 5) is 30.3. The van der Waals surface area contributed by atoms with Gasteiger partial charge in [-0.1, -0.05) is 0 Å². The number of aromatic nitrogens is 4. The Labute approximate surface area is 204 Å². The molecule has 0 aliphatic carbocycles. The number of ether oxygens (including phenoxy) is 1. The lowest BCUT2D eigenvalue weighted by atomic mass is 10.1. The number of benzene rings is 1. The van der Waals surface area contributed by atoms with E-state index >= 15 is 0 Å². The number of nitrogens with two attached hydrogens (primary N) is 1. The summed E-state index contributed by atoms with van der Waals surface area (Å²) in [6.45, 7) is 1.71. The second kappa shape index (κ2) is 9.98. The number of rotatable bonds is 8. The molecule has 0 saturated heterocycles. The molecule has 0 aliphatic rings. The van der Waals surface area contributed by atoms with Gasteiger partial charge in [0.2, 0.25) is 5.95 Å². The van der Waals surface area contributed by atoms with Gasteiger partial charge in [-0.15, -0.1) is 0 Å². The maximum absolute atomic E-state index is 13.0. The molecule has 0 unspecified atom stereocenters. The Bertz CT molecular complexity index is 1400. The highest BCUT2D eigenvalue weighted by atomic mass is 16.5. The summed E-state index contributed by atoms with van der Waals surface area (Å²) < 4.78 is 7.13. The third-order valence-electron chi connectivity index (χ3n) is 5.83. The van der Waals surface area contributed by atoms with E-state index in [-0.39, 0.29) is 5.56 Å². The van der Waals surface area contributed by atoms with Crippen molar-refractivity contribution in [2.45, 2.75) is 0 Å². The average Bonchev–Trinajstić information content (AvgIpc) is 2.85. The fourth-order valence-electron chi connectivity index (χ4n) is 3.82. The van der Waals surface area contributed by atoms with Crippen LogP contribution in [-0.4, -0.2) is 65.8 Å². The zero-order valence-electron chi connectivity index (χ0n) is 20.6. The van der Waals surface area contributed by atoms with Crippen molar-refractivity contribution in [2.75, 3.05) is 57.3 Å². The highest BCUT2D eigenvalue weighted by molar-refractivity contribution is 5.83.